The van der Waals surface area contributed by atoms with Crippen molar-refractivity contribution in [3.8, 4) is 5.75 Å². The summed E-state index contributed by atoms with van der Waals surface area (Å²) in [5, 5.41) is 0. The summed E-state index contributed by atoms with van der Waals surface area (Å²) < 4.78 is 35.9. The number of hydrogen-bond acceptors (Lipinski definition) is 4. The van der Waals surface area contributed by atoms with Crippen LogP contribution in [0.1, 0.15) is 20.3 Å². The maximum atomic E-state index is 13.3. The molecule has 19 heavy (non-hydrogen) atoms. The van der Waals surface area contributed by atoms with Gasteiger partial charge in [0, 0.05) is 0 Å². The van der Waals surface area contributed by atoms with Crippen molar-refractivity contribution in [2.75, 3.05) is 6.61 Å². The first-order valence-corrected chi connectivity index (χ1v) is 5.83. The van der Waals surface area contributed by atoms with Crippen molar-refractivity contribution >= 4 is 11.9 Å². The molecule has 1 aromatic rings. The van der Waals surface area contributed by atoms with Crippen LogP contribution in [0.4, 0.5) is 8.78 Å². The van der Waals surface area contributed by atoms with E-state index in [0.717, 1.165) is 18.2 Å². The first kappa shape index (κ1) is 15.1. The Bertz CT molecular complexity index is 453. The molecule has 0 aliphatic heterocycles. The maximum absolute atomic E-state index is 13.3. The van der Waals surface area contributed by atoms with Gasteiger partial charge in [0.05, 0.1) is 6.61 Å². The van der Waals surface area contributed by atoms with Crippen LogP contribution in [0.5, 0.6) is 5.75 Å². The van der Waals surface area contributed by atoms with Crippen molar-refractivity contribution in [3.63, 3.8) is 0 Å². The molecule has 0 saturated carbocycles. The van der Waals surface area contributed by atoms with Gasteiger partial charge < -0.3 is 9.47 Å². The normalized spacial score (nSPS) is 11.8. The zero-order valence-corrected chi connectivity index (χ0v) is 10.6. The quantitative estimate of drug-likeness (QED) is 0.469. The van der Waals surface area contributed by atoms with Crippen LogP contribution >= 0.6 is 0 Å². The van der Waals surface area contributed by atoms with Crippen molar-refractivity contribution in [2.24, 2.45) is 5.92 Å². The molecular formula is C13H14F2O4. The third-order valence-electron chi connectivity index (χ3n) is 2.39. The number of para-hydroxylation sites is 1. The minimum Gasteiger partial charge on any atom is -0.465 e. The lowest BCUT2D eigenvalue weighted by Gasteiger charge is -2.13. The topological polar surface area (TPSA) is 52.6 Å². The van der Waals surface area contributed by atoms with Crippen LogP contribution in [0.3, 0.4) is 0 Å². The number of halogens is 2. The van der Waals surface area contributed by atoms with Crippen molar-refractivity contribution in [1.82, 2.24) is 0 Å². The van der Waals surface area contributed by atoms with Gasteiger partial charge in [0.15, 0.2) is 17.6 Å². The molecule has 1 aromatic carbocycles. The molecule has 0 saturated heterocycles. The lowest BCUT2D eigenvalue weighted by molar-refractivity contribution is -0.157. The fourth-order valence-corrected chi connectivity index (χ4v) is 1.42. The largest absolute Gasteiger partial charge is 0.465 e. The highest BCUT2D eigenvalue weighted by Crippen LogP contribution is 2.22. The van der Waals surface area contributed by atoms with Gasteiger partial charge in [0.1, 0.15) is 0 Å². The number of esters is 2. The lowest BCUT2D eigenvalue weighted by Crippen LogP contribution is -2.29. The zero-order valence-electron chi connectivity index (χ0n) is 10.6. The van der Waals surface area contributed by atoms with Crippen LogP contribution in [-0.4, -0.2) is 18.5 Å². The fraction of sp³-hybridized carbons (Fsp3) is 0.385. The summed E-state index contributed by atoms with van der Waals surface area (Å²) in [7, 11) is 0. The Balaban J connectivity index is 2.86. The molecule has 0 aliphatic carbocycles. The van der Waals surface area contributed by atoms with Gasteiger partial charge in [-0.25, -0.2) is 8.78 Å². The number of rotatable bonds is 5. The molecule has 0 fully saturated rings. The SMILES string of the molecule is CCOC(=O)C(CC)C(=O)Oc1c(F)cccc1F. The molecule has 0 aromatic heterocycles. The Labute approximate surface area is 109 Å². The maximum Gasteiger partial charge on any atom is 0.325 e. The molecule has 0 aliphatic rings. The van der Waals surface area contributed by atoms with E-state index in [4.69, 9.17) is 0 Å². The second-order valence-electron chi connectivity index (χ2n) is 3.68. The fourth-order valence-electron chi connectivity index (χ4n) is 1.42. The van der Waals surface area contributed by atoms with Crippen molar-refractivity contribution < 1.29 is 27.8 Å². The highest BCUT2D eigenvalue weighted by Gasteiger charge is 2.29. The summed E-state index contributed by atoms with van der Waals surface area (Å²) >= 11 is 0. The third kappa shape index (κ3) is 3.74. The summed E-state index contributed by atoms with van der Waals surface area (Å²) in [6, 6.07) is 3.05. The van der Waals surface area contributed by atoms with E-state index in [0.29, 0.717) is 0 Å². The van der Waals surface area contributed by atoms with Crippen LogP contribution in [0.25, 0.3) is 0 Å². The molecule has 104 valence electrons. The van der Waals surface area contributed by atoms with Gasteiger partial charge in [0.25, 0.3) is 0 Å². The van der Waals surface area contributed by atoms with E-state index >= 15 is 0 Å². The van der Waals surface area contributed by atoms with Crippen molar-refractivity contribution in [1.29, 1.82) is 0 Å². The molecule has 0 radical (unpaired) electrons. The van der Waals surface area contributed by atoms with E-state index in [9.17, 15) is 18.4 Å². The molecular weight excluding hydrogens is 258 g/mol. The zero-order chi connectivity index (χ0) is 14.4. The number of ether oxygens (including phenoxy) is 2. The van der Waals surface area contributed by atoms with Crippen LogP contribution in [0.15, 0.2) is 18.2 Å². The molecule has 0 bridgehead atoms. The van der Waals surface area contributed by atoms with Gasteiger partial charge in [0.2, 0.25) is 5.75 Å². The van der Waals surface area contributed by atoms with E-state index in [1.807, 2.05) is 0 Å². The average molecular weight is 272 g/mol. The summed E-state index contributed by atoms with van der Waals surface area (Å²) in [4.78, 5) is 23.2. The molecule has 0 heterocycles. The second kappa shape index (κ2) is 6.82. The van der Waals surface area contributed by atoms with E-state index in [2.05, 4.69) is 9.47 Å². The Kier molecular flexibility index (Phi) is 5.41. The summed E-state index contributed by atoms with van der Waals surface area (Å²) in [5.41, 5.74) is 0. The summed E-state index contributed by atoms with van der Waals surface area (Å²) in [6.45, 7) is 3.27. The molecule has 4 nitrogen and oxygen atoms in total. The van der Waals surface area contributed by atoms with Crippen molar-refractivity contribution in [2.45, 2.75) is 20.3 Å². The van der Waals surface area contributed by atoms with E-state index in [1.165, 1.54) is 0 Å². The summed E-state index contributed by atoms with van der Waals surface area (Å²) in [5.74, 6) is -5.83. The molecule has 0 N–H and O–H groups in total. The van der Waals surface area contributed by atoms with Crippen LogP contribution in [0, 0.1) is 17.6 Å². The average Bonchev–Trinajstić information content (AvgIpc) is 2.35. The highest BCUT2D eigenvalue weighted by molar-refractivity contribution is 5.95. The standard InChI is InChI=1S/C13H14F2O4/c1-3-8(12(16)18-4-2)13(17)19-11-9(14)6-5-7-10(11)15/h5-8H,3-4H2,1-2H3. The molecule has 1 atom stereocenters. The first-order valence-electron chi connectivity index (χ1n) is 5.83. The highest BCUT2D eigenvalue weighted by atomic mass is 19.1. The minimum absolute atomic E-state index is 0.108. The predicted molar refractivity (Wildman–Crippen MR) is 62.4 cm³/mol. The number of benzene rings is 1. The number of hydrogen-bond donors (Lipinski definition) is 0. The van der Waals surface area contributed by atoms with E-state index < -0.39 is 35.2 Å². The second-order valence-corrected chi connectivity index (χ2v) is 3.68. The smallest absolute Gasteiger partial charge is 0.325 e. The van der Waals surface area contributed by atoms with Gasteiger partial charge in [-0.2, -0.15) is 0 Å². The molecule has 1 unspecified atom stereocenters. The Morgan fingerprint density at radius 3 is 2.21 bits per heavy atom. The van der Waals surface area contributed by atoms with E-state index in [1.54, 1.807) is 13.8 Å². The predicted octanol–water partition coefficient (Wildman–Crippen LogP) is 2.46. The monoisotopic (exact) mass is 272 g/mol. The van der Waals surface area contributed by atoms with Gasteiger partial charge >= 0.3 is 11.9 Å². The number of carbonyl (C=O) groups excluding carboxylic acids is 2. The molecule has 6 heteroatoms. The molecule has 0 amide bonds. The van der Waals surface area contributed by atoms with Crippen LogP contribution in [-0.2, 0) is 14.3 Å². The van der Waals surface area contributed by atoms with Crippen LogP contribution < -0.4 is 4.74 Å². The Hall–Kier alpha value is -1.98. The van der Waals surface area contributed by atoms with Gasteiger partial charge in [-0.3, -0.25) is 9.59 Å². The van der Waals surface area contributed by atoms with E-state index in [-0.39, 0.29) is 13.0 Å². The first-order chi connectivity index (χ1) is 9.01. The van der Waals surface area contributed by atoms with Gasteiger partial charge in [-0.15, -0.1) is 0 Å². The minimum atomic E-state index is -1.20. The third-order valence-corrected chi connectivity index (χ3v) is 2.39. The molecule has 1 rings (SSSR count). The summed E-state index contributed by atoms with van der Waals surface area (Å²) in [6.07, 6.45) is 0.119. The Morgan fingerprint density at radius 2 is 1.74 bits per heavy atom. The van der Waals surface area contributed by atoms with Gasteiger partial charge in [-0.1, -0.05) is 13.0 Å². The molecule has 0 spiro atoms. The lowest BCUT2D eigenvalue weighted by atomic mass is 10.1. The van der Waals surface area contributed by atoms with Gasteiger partial charge in [-0.05, 0) is 25.5 Å². The Morgan fingerprint density at radius 1 is 1.16 bits per heavy atom. The van der Waals surface area contributed by atoms with Crippen molar-refractivity contribution in [3.05, 3.63) is 29.8 Å². The number of carbonyl (C=O) groups is 2. The van der Waals surface area contributed by atoms with Crippen LogP contribution in [0.2, 0.25) is 0 Å².